The minimum atomic E-state index is -0.597. The van der Waals surface area contributed by atoms with E-state index in [1.165, 1.54) is 17.0 Å². The van der Waals surface area contributed by atoms with Crippen LogP contribution in [0.1, 0.15) is 18.9 Å². The molecule has 21 heavy (non-hydrogen) atoms. The SMILES string of the molecule is CCCN(CCO)c1c(F)cc(CNCCOC)cc1F. The minimum Gasteiger partial charge on any atom is -0.395 e. The number of halogens is 2. The quantitative estimate of drug-likeness (QED) is 0.648. The Hall–Kier alpha value is -1.24. The van der Waals surface area contributed by atoms with Gasteiger partial charge in [0.1, 0.15) is 17.3 Å². The molecule has 0 heterocycles. The van der Waals surface area contributed by atoms with Crippen LogP contribution >= 0.6 is 0 Å². The summed E-state index contributed by atoms with van der Waals surface area (Å²) in [6, 6.07) is 2.66. The molecular formula is C15H24F2N2O2. The highest BCUT2D eigenvalue weighted by atomic mass is 19.1. The summed E-state index contributed by atoms with van der Waals surface area (Å²) in [6.45, 7) is 4.05. The Kier molecular flexibility index (Phi) is 8.19. The number of nitrogens with one attached hydrogen (secondary N) is 1. The van der Waals surface area contributed by atoms with Crippen LogP contribution in [0.3, 0.4) is 0 Å². The van der Waals surface area contributed by atoms with Gasteiger partial charge in [-0.15, -0.1) is 0 Å². The molecule has 1 aromatic rings. The van der Waals surface area contributed by atoms with Crippen LogP contribution in [-0.2, 0) is 11.3 Å². The first-order valence-corrected chi connectivity index (χ1v) is 7.17. The van der Waals surface area contributed by atoms with Crippen molar-refractivity contribution >= 4 is 5.69 Å². The number of methoxy groups -OCH3 is 1. The standard InChI is InChI=1S/C15H24F2N2O2/c1-3-5-19(6-7-20)15-13(16)9-12(10-14(15)17)11-18-4-8-21-2/h9-10,18,20H,3-8,11H2,1-2H3. The summed E-state index contributed by atoms with van der Waals surface area (Å²) in [5.74, 6) is -1.19. The van der Waals surface area contributed by atoms with Crippen LogP contribution in [0.5, 0.6) is 0 Å². The van der Waals surface area contributed by atoms with Crippen LogP contribution in [0.25, 0.3) is 0 Å². The maximum absolute atomic E-state index is 14.2. The zero-order valence-electron chi connectivity index (χ0n) is 12.7. The number of rotatable bonds is 10. The third kappa shape index (κ3) is 5.57. The van der Waals surface area contributed by atoms with Crippen molar-refractivity contribution in [2.45, 2.75) is 19.9 Å². The van der Waals surface area contributed by atoms with Gasteiger partial charge in [0.05, 0.1) is 13.2 Å². The van der Waals surface area contributed by atoms with Gasteiger partial charge in [-0.25, -0.2) is 8.78 Å². The third-order valence-corrected chi connectivity index (χ3v) is 3.07. The van der Waals surface area contributed by atoms with E-state index in [0.29, 0.717) is 31.8 Å². The summed E-state index contributed by atoms with van der Waals surface area (Å²) >= 11 is 0. The van der Waals surface area contributed by atoms with E-state index in [1.54, 1.807) is 7.11 Å². The van der Waals surface area contributed by atoms with Gasteiger partial charge < -0.3 is 20.1 Å². The highest BCUT2D eigenvalue weighted by Gasteiger charge is 2.17. The zero-order chi connectivity index (χ0) is 15.7. The number of nitrogens with zero attached hydrogens (tertiary/aromatic N) is 1. The van der Waals surface area contributed by atoms with E-state index >= 15 is 0 Å². The first-order valence-electron chi connectivity index (χ1n) is 7.17. The molecule has 6 heteroatoms. The molecule has 0 aliphatic rings. The summed E-state index contributed by atoms with van der Waals surface area (Å²) in [5, 5.41) is 12.1. The van der Waals surface area contributed by atoms with Gasteiger partial charge in [0, 0.05) is 33.3 Å². The van der Waals surface area contributed by atoms with Crippen molar-refractivity contribution in [3.05, 3.63) is 29.3 Å². The molecule has 2 N–H and O–H groups in total. The molecule has 0 bridgehead atoms. The van der Waals surface area contributed by atoms with Gasteiger partial charge in [0.15, 0.2) is 0 Å². The number of ether oxygens (including phenoxy) is 1. The molecule has 1 rings (SSSR count). The second-order valence-electron chi connectivity index (χ2n) is 4.79. The first kappa shape index (κ1) is 17.8. The lowest BCUT2D eigenvalue weighted by Crippen LogP contribution is -2.29. The largest absolute Gasteiger partial charge is 0.395 e. The fourth-order valence-corrected chi connectivity index (χ4v) is 2.16. The maximum Gasteiger partial charge on any atom is 0.149 e. The van der Waals surface area contributed by atoms with E-state index in [4.69, 9.17) is 9.84 Å². The molecule has 1 aromatic carbocycles. The highest BCUT2D eigenvalue weighted by Crippen LogP contribution is 2.25. The van der Waals surface area contributed by atoms with Gasteiger partial charge in [0.2, 0.25) is 0 Å². The smallest absolute Gasteiger partial charge is 0.149 e. The summed E-state index contributed by atoms with van der Waals surface area (Å²) in [6.07, 6.45) is 0.749. The molecule has 0 fully saturated rings. The topological polar surface area (TPSA) is 44.7 Å². The van der Waals surface area contributed by atoms with Crippen molar-refractivity contribution in [3.63, 3.8) is 0 Å². The average molecular weight is 302 g/mol. The molecule has 0 aliphatic carbocycles. The lowest BCUT2D eigenvalue weighted by Gasteiger charge is -2.24. The molecule has 0 spiro atoms. The van der Waals surface area contributed by atoms with E-state index in [-0.39, 0.29) is 18.8 Å². The van der Waals surface area contributed by atoms with E-state index < -0.39 is 11.6 Å². The predicted octanol–water partition coefficient (Wildman–Crippen LogP) is 1.91. The molecule has 0 amide bonds. The maximum atomic E-state index is 14.2. The van der Waals surface area contributed by atoms with Gasteiger partial charge >= 0.3 is 0 Å². The first-order chi connectivity index (χ1) is 10.1. The van der Waals surface area contributed by atoms with Gasteiger partial charge in [-0.3, -0.25) is 0 Å². The Bertz CT molecular complexity index is 401. The van der Waals surface area contributed by atoms with Crippen LogP contribution < -0.4 is 10.2 Å². The highest BCUT2D eigenvalue weighted by molar-refractivity contribution is 5.50. The molecular weight excluding hydrogens is 278 g/mol. The summed E-state index contributed by atoms with van der Waals surface area (Å²) in [7, 11) is 1.60. The average Bonchev–Trinajstić information content (AvgIpc) is 2.43. The number of aliphatic hydroxyl groups is 1. The molecule has 120 valence electrons. The summed E-state index contributed by atoms with van der Waals surface area (Å²) in [5.41, 5.74) is 0.483. The van der Waals surface area contributed by atoms with Gasteiger partial charge in [-0.05, 0) is 24.1 Å². The number of benzene rings is 1. The summed E-state index contributed by atoms with van der Waals surface area (Å²) < 4.78 is 33.2. The van der Waals surface area contributed by atoms with Crippen molar-refractivity contribution in [2.75, 3.05) is 44.9 Å². The second-order valence-corrected chi connectivity index (χ2v) is 4.79. The third-order valence-electron chi connectivity index (χ3n) is 3.07. The molecule has 0 saturated carbocycles. The van der Waals surface area contributed by atoms with Crippen LogP contribution in [-0.4, -0.2) is 45.1 Å². The number of hydrogen-bond donors (Lipinski definition) is 2. The van der Waals surface area contributed by atoms with Crippen molar-refractivity contribution in [1.82, 2.24) is 5.32 Å². The Morgan fingerprint density at radius 1 is 1.24 bits per heavy atom. The Morgan fingerprint density at radius 2 is 1.90 bits per heavy atom. The van der Waals surface area contributed by atoms with Gasteiger partial charge in [-0.1, -0.05) is 6.92 Å². The van der Waals surface area contributed by atoms with Crippen molar-refractivity contribution < 1.29 is 18.6 Å². The zero-order valence-corrected chi connectivity index (χ0v) is 12.7. The van der Waals surface area contributed by atoms with Crippen molar-refractivity contribution in [2.24, 2.45) is 0 Å². The Balaban J connectivity index is 2.82. The van der Waals surface area contributed by atoms with E-state index in [0.717, 1.165) is 6.42 Å². The van der Waals surface area contributed by atoms with E-state index in [9.17, 15) is 8.78 Å². The van der Waals surface area contributed by atoms with Gasteiger partial charge in [0.25, 0.3) is 0 Å². The molecule has 0 saturated heterocycles. The van der Waals surface area contributed by atoms with Gasteiger partial charge in [-0.2, -0.15) is 0 Å². The van der Waals surface area contributed by atoms with Crippen LogP contribution in [0.15, 0.2) is 12.1 Å². The molecule has 0 unspecified atom stereocenters. The number of anilines is 1. The Labute approximate surface area is 124 Å². The van der Waals surface area contributed by atoms with E-state index in [2.05, 4.69) is 5.32 Å². The normalized spacial score (nSPS) is 10.9. The van der Waals surface area contributed by atoms with Crippen LogP contribution in [0.4, 0.5) is 14.5 Å². The molecule has 0 radical (unpaired) electrons. The van der Waals surface area contributed by atoms with Crippen molar-refractivity contribution in [1.29, 1.82) is 0 Å². The fraction of sp³-hybridized carbons (Fsp3) is 0.600. The second kappa shape index (κ2) is 9.65. The van der Waals surface area contributed by atoms with Crippen LogP contribution in [0.2, 0.25) is 0 Å². The minimum absolute atomic E-state index is 0.0634. The Morgan fingerprint density at radius 3 is 2.43 bits per heavy atom. The molecule has 0 aliphatic heterocycles. The molecule has 0 atom stereocenters. The number of hydrogen-bond acceptors (Lipinski definition) is 4. The van der Waals surface area contributed by atoms with E-state index in [1.807, 2.05) is 6.92 Å². The lowest BCUT2D eigenvalue weighted by atomic mass is 10.1. The lowest BCUT2D eigenvalue weighted by molar-refractivity contribution is 0.199. The fourth-order valence-electron chi connectivity index (χ4n) is 2.16. The van der Waals surface area contributed by atoms with Crippen molar-refractivity contribution in [3.8, 4) is 0 Å². The predicted molar refractivity (Wildman–Crippen MR) is 79.5 cm³/mol. The monoisotopic (exact) mass is 302 g/mol. The molecule has 4 nitrogen and oxygen atoms in total. The summed E-state index contributed by atoms with van der Waals surface area (Å²) in [4.78, 5) is 1.53. The van der Waals surface area contributed by atoms with Crippen LogP contribution in [0, 0.1) is 11.6 Å². The number of aliphatic hydroxyl groups excluding tert-OH is 1. The molecule has 0 aromatic heterocycles.